The number of nitrogens with two attached hydrogens (primary N) is 1. The van der Waals surface area contributed by atoms with Crippen LogP contribution in [0.25, 0.3) is 11.1 Å². The highest BCUT2D eigenvalue weighted by molar-refractivity contribution is 5.90. The predicted molar refractivity (Wildman–Crippen MR) is 130 cm³/mol. The molecule has 7 heteroatoms. The highest BCUT2D eigenvalue weighted by atomic mass is 16.5. The molecular formula is C26H28N4O3. The van der Waals surface area contributed by atoms with Crippen molar-refractivity contribution in [2.24, 2.45) is 5.73 Å². The van der Waals surface area contributed by atoms with Gasteiger partial charge in [-0.15, -0.1) is 0 Å². The van der Waals surface area contributed by atoms with Crippen LogP contribution in [0.2, 0.25) is 0 Å². The van der Waals surface area contributed by atoms with E-state index < -0.39 is 0 Å². The zero-order valence-electron chi connectivity index (χ0n) is 18.5. The maximum atomic E-state index is 12.5. The molecule has 33 heavy (non-hydrogen) atoms. The molecule has 3 rings (SSSR count). The molecule has 0 aliphatic rings. The lowest BCUT2D eigenvalue weighted by molar-refractivity contribution is -0.143. The second-order valence-corrected chi connectivity index (χ2v) is 7.46. The SMILES string of the molecule is CCOC(=O)CC(c1ccccc1)c1cccc(-c2cccc(NC(=N)N)c2)c1CNC=O. The van der Waals surface area contributed by atoms with Gasteiger partial charge < -0.3 is 21.1 Å². The Morgan fingerprint density at radius 3 is 2.55 bits per heavy atom. The number of esters is 1. The first kappa shape index (κ1) is 23.5. The minimum atomic E-state index is -0.279. The topological polar surface area (TPSA) is 117 Å². The molecule has 1 unspecified atom stereocenters. The number of amides is 1. The highest BCUT2D eigenvalue weighted by Crippen LogP contribution is 2.36. The van der Waals surface area contributed by atoms with Crippen LogP contribution < -0.4 is 16.4 Å². The number of benzene rings is 3. The van der Waals surface area contributed by atoms with Gasteiger partial charge in [0.05, 0.1) is 13.0 Å². The first-order valence-corrected chi connectivity index (χ1v) is 10.7. The van der Waals surface area contributed by atoms with Gasteiger partial charge >= 0.3 is 5.97 Å². The number of guanidine groups is 1. The molecule has 0 bridgehead atoms. The second kappa shape index (κ2) is 11.5. The summed E-state index contributed by atoms with van der Waals surface area (Å²) in [5, 5.41) is 13.1. The van der Waals surface area contributed by atoms with E-state index in [4.69, 9.17) is 15.9 Å². The molecular weight excluding hydrogens is 416 g/mol. The van der Waals surface area contributed by atoms with Crippen LogP contribution in [-0.2, 0) is 20.9 Å². The van der Waals surface area contributed by atoms with Crippen molar-refractivity contribution in [1.29, 1.82) is 5.41 Å². The van der Waals surface area contributed by atoms with Crippen molar-refractivity contribution in [3.8, 4) is 11.1 Å². The molecule has 0 aliphatic carbocycles. The van der Waals surface area contributed by atoms with Crippen molar-refractivity contribution >= 4 is 24.0 Å². The standard InChI is InChI=1S/C26H28N4O3/c1-2-33-25(32)15-23(18-8-4-3-5-9-18)22-13-7-12-21(24(22)16-29-17-31)19-10-6-11-20(14-19)30-26(27)28/h3-14,17,23H,2,15-16H2,1H3,(H,29,31)(H4,27,28,30). The van der Waals surface area contributed by atoms with Crippen molar-refractivity contribution < 1.29 is 14.3 Å². The largest absolute Gasteiger partial charge is 0.466 e. The first-order chi connectivity index (χ1) is 16.0. The number of hydrogen-bond acceptors (Lipinski definition) is 4. The number of anilines is 1. The molecule has 1 atom stereocenters. The summed E-state index contributed by atoms with van der Waals surface area (Å²) in [4.78, 5) is 23.7. The number of hydrogen-bond donors (Lipinski definition) is 4. The Labute approximate surface area is 193 Å². The van der Waals surface area contributed by atoms with Crippen molar-refractivity contribution in [2.45, 2.75) is 25.8 Å². The van der Waals surface area contributed by atoms with Gasteiger partial charge in [0, 0.05) is 18.2 Å². The molecule has 7 nitrogen and oxygen atoms in total. The Balaban J connectivity index is 2.14. The smallest absolute Gasteiger partial charge is 0.306 e. The summed E-state index contributed by atoms with van der Waals surface area (Å²) in [5.74, 6) is -0.673. The van der Waals surface area contributed by atoms with E-state index in [1.807, 2.05) is 72.8 Å². The van der Waals surface area contributed by atoms with E-state index in [1.54, 1.807) is 6.92 Å². The third-order valence-electron chi connectivity index (χ3n) is 5.28. The van der Waals surface area contributed by atoms with Crippen LogP contribution in [0.1, 0.15) is 36.0 Å². The van der Waals surface area contributed by atoms with E-state index in [0.29, 0.717) is 25.2 Å². The summed E-state index contributed by atoms with van der Waals surface area (Å²) in [6.45, 7) is 2.40. The molecule has 0 spiro atoms. The lowest BCUT2D eigenvalue weighted by Crippen LogP contribution is -2.20. The minimum Gasteiger partial charge on any atom is -0.466 e. The number of rotatable bonds is 10. The van der Waals surface area contributed by atoms with E-state index in [9.17, 15) is 9.59 Å². The van der Waals surface area contributed by atoms with Crippen LogP contribution in [0.5, 0.6) is 0 Å². The Hall–Kier alpha value is -4.13. The molecule has 0 aromatic heterocycles. The highest BCUT2D eigenvalue weighted by Gasteiger charge is 2.23. The molecule has 5 N–H and O–H groups in total. The van der Waals surface area contributed by atoms with Crippen LogP contribution in [0.4, 0.5) is 5.69 Å². The maximum absolute atomic E-state index is 12.5. The van der Waals surface area contributed by atoms with Gasteiger partial charge in [0.1, 0.15) is 0 Å². The average Bonchev–Trinajstić information content (AvgIpc) is 2.81. The van der Waals surface area contributed by atoms with E-state index in [2.05, 4.69) is 10.6 Å². The van der Waals surface area contributed by atoms with Crippen molar-refractivity contribution in [3.63, 3.8) is 0 Å². The third-order valence-corrected chi connectivity index (χ3v) is 5.28. The van der Waals surface area contributed by atoms with E-state index in [1.165, 1.54) is 0 Å². The Kier molecular flexibility index (Phi) is 8.18. The Morgan fingerprint density at radius 2 is 1.85 bits per heavy atom. The lowest BCUT2D eigenvalue weighted by Gasteiger charge is -2.23. The van der Waals surface area contributed by atoms with Gasteiger partial charge in [-0.25, -0.2) is 0 Å². The molecule has 0 heterocycles. The van der Waals surface area contributed by atoms with Crippen molar-refractivity contribution in [1.82, 2.24) is 5.32 Å². The summed E-state index contributed by atoms with van der Waals surface area (Å²) in [5.41, 5.74) is 10.8. The molecule has 3 aromatic carbocycles. The van der Waals surface area contributed by atoms with Gasteiger partial charge in [-0.05, 0) is 46.9 Å². The predicted octanol–water partition coefficient (Wildman–Crippen LogP) is 3.99. The lowest BCUT2D eigenvalue weighted by atomic mass is 9.83. The molecule has 170 valence electrons. The van der Waals surface area contributed by atoms with Crippen LogP contribution >= 0.6 is 0 Å². The fourth-order valence-corrected chi connectivity index (χ4v) is 3.94. The number of nitrogens with one attached hydrogen (secondary N) is 3. The Bertz CT molecular complexity index is 1120. The molecule has 0 aliphatic heterocycles. The zero-order chi connectivity index (χ0) is 23.6. The molecule has 0 saturated heterocycles. The summed E-state index contributed by atoms with van der Waals surface area (Å²) in [7, 11) is 0. The first-order valence-electron chi connectivity index (χ1n) is 10.7. The quantitative estimate of drug-likeness (QED) is 0.163. The summed E-state index contributed by atoms with van der Waals surface area (Å²) < 4.78 is 5.25. The summed E-state index contributed by atoms with van der Waals surface area (Å²) in [6.07, 6.45) is 0.846. The summed E-state index contributed by atoms with van der Waals surface area (Å²) >= 11 is 0. The zero-order valence-corrected chi connectivity index (χ0v) is 18.5. The number of carbonyl (C=O) groups is 2. The minimum absolute atomic E-state index is 0.151. The molecule has 0 fully saturated rings. The molecule has 3 aromatic rings. The van der Waals surface area contributed by atoms with Crippen molar-refractivity contribution in [2.75, 3.05) is 11.9 Å². The Morgan fingerprint density at radius 1 is 1.09 bits per heavy atom. The fraction of sp³-hybridized carbons (Fsp3) is 0.192. The average molecular weight is 445 g/mol. The number of ether oxygens (including phenoxy) is 1. The maximum Gasteiger partial charge on any atom is 0.306 e. The van der Waals surface area contributed by atoms with E-state index >= 15 is 0 Å². The van der Waals surface area contributed by atoms with Crippen LogP contribution in [0.15, 0.2) is 72.8 Å². The van der Waals surface area contributed by atoms with E-state index in [0.717, 1.165) is 27.8 Å². The van der Waals surface area contributed by atoms with Crippen molar-refractivity contribution in [3.05, 3.63) is 89.5 Å². The van der Waals surface area contributed by atoms with Gasteiger partial charge in [0.15, 0.2) is 5.96 Å². The normalized spacial score (nSPS) is 11.3. The summed E-state index contributed by atoms with van der Waals surface area (Å²) in [6, 6.07) is 23.3. The van der Waals surface area contributed by atoms with Crippen LogP contribution in [-0.4, -0.2) is 24.9 Å². The van der Waals surface area contributed by atoms with Gasteiger partial charge in [0.2, 0.25) is 6.41 Å². The number of carbonyl (C=O) groups excluding carboxylic acids is 2. The van der Waals surface area contributed by atoms with Gasteiger partial charge in [0.25, 0.3) is 0 Å². The molecule has 0 radical (unpaired) electrons. The molecule has 0 saturated carbocycles. The van der Waals surface area contributed by atoms with Crippen LogP contribution in [0, 0.1) is 5.41 Å². The monoisotopic (exact) mass is 444 g/mol. The van der Waals surface area contributed by atoms with Gasteiger partial charge in [-0.3, -0.25) is 15.0 Å². The fourth-order valence-electron chi connectivity index (χ4n) is 3.94. The second-order valence-electron chi connectivity index (χ2n) is 7.46. The van der Waals surface area contributed by atoms with Crippen LogP contribution in [0.3, 0.4) is 0 Å². The van der Waals surface area contributed by atoms with Gasteiger partial charge in [-0.1, -0.05) is 60.7 Å². The third kappa shape index (κ3) is 6.20. The molecule has 1 amide bonds. The van der Waals surface area contributed by atoms with E-state index in [-0.39, 0.29) is 24.3 Å². The van der Waals surface area contributed by atoms with Gasteiger partial charge in [-0.2, -0.15) is 0 Å².